The minimum absolute atomic E-state index is 0.0661. The molecule has 1 fully saturated rings. The molecule has 90 valence electrons. The van der Waals surface area contributed by atoms with Crippen molar-refractivity contribution in [1.82, 2.24) is 0 Å². The Kier molecular flexibility index (Phi) is 3.19. The summed E-state index contributed by atoms with van der Waals surface area (Å²) in [5.41, 5.74) is 0.0661. The van der Waals surface area contributed by atoms with Gasteiger partial charge in [-0.25, -0.2) is 9.59 Å². The summed E-state index contributed by atoms with van der Waals surface area (Å²) in [7, 11) is 0. The van der Waals surface area contributed by atoms with Crippen LogP contribution in [-0.4, -0.2) is 29.8 Å². The van der Waals surface area contributed by atoms with Gasteiger partial charge in [0.15, 0.2) is 6.10 Å². The molecule has 1 unspecified atom stereocenters. The highest BCUT2D eigenvalue weighted by molar-refractivity contribution is 6.32. The first-order chi connectivity index (χ1) is 8.08. The molecule has 5 nitrogen and oxygen atoms in total. The van der Waals surface area contributed by atoms with Crippen molar-refractivity contribution in [3.05, 3.63) is 28.8 Å². The van der Waals surface area contributed by atoms with E-state index in [1.165, 1.54) is 18.2 Å². The molecule has 0 aromatic heterocycles. The number of esters is 1. The van der Waals surface area contributed by atoms with Gasteiger partial charge >= 0.3 is 11.9 Å². The van der Waals surface area contributed by atoms with E-state index in [1.807, 2.05) is 0 Å². The molecule has 2 rings (SSSR count). The van der Waals surface area contributed by atoms with Crippen molar-refractivity contribution in [2.24, 2.45) is 0 Å². The van der Waals surface area contributed by atoms with E-state index >= 15 is 0 Å². The van der Waals surface area contributed by atoms with E-state index in [0.29, 0.717) is 13.0 Å². The first-order valence-electron chi connectivity index (χ1n) is 4.94. The molecular weight excluding hydrogens is 248 g/mol. The van der Waals surface area contributed by atoms with Crippen LogP contribution < -0.4 is 4.74 Å². The summed E-state index contributed by atoms with van der Waals surface area (Å²) >= 11 is 5.86. The first-order valence-corrected chi connectivity index (χ1v) is 5.32. The van der Waals surface area contributed by atoms with Crippen LogP contribution in [0.1, 0.15) is 16.8 Å². The Labute approximate surface area is 102 Å². The maximum absolute atomic E-state index is 11.2. The number of rotatable bonds is 3. The summed E-state index contributed by atoms with van der Waals surface area (Å²) < 4.78 is 10.1. The fourth-order valence-corrected chi connectivity index (χ4v) is 1.69. The van der Waals surface area contributed by atoms with Crippen LogP contribution in [0, 0.1) is 0 Å². The fourth-order valence-electron chi connectivity index (χ4n) is 1.47. The third-order valence-electron chi connectivity index (χ3n) is 2.34. The molecule has 0 spiro atoms. The molecule has 1 aromatic carbocycles. The number of benzene rings is 1. The zero-order valence-corrected chi connectivity index (χ0v) is 9.44. The van der Waals surface area contributed by atoms with Crippen LogP contribution in [0.5, 0.6) is 5.75 Å². The number of hydrogen-bond donors (Lipinski definition) is 1. The number of carbonyl (C=O) groups excluding carboxylic acids is 1. The Morgan fingerprint density at radius 3 is 2.82 bits per heavy atom. The largest absolute Gasteiger partial charge is 0.478 e. The molecule has 1 aromatic rings. The van der Waals surface area contributed by atoms with Gasteiger partial charge in [-0.05, 0) is 18.2 Å². The second-order valence-electron chi connectivity index (χ2n) is 3.51. The van der Waals surface area contributed by atoms with Crippen molar-refractivity contribution in [2.45, 2.75) is 12.5 Å². The van der Waals surface area contributed by atoms with Crippen LogP contribution in [-0.2, 0) is 9.53 Å². The lowest BCUT2D eigenvalue weighted by Gasteiger charge is -2.11. The lowest BCUT2D eigenvalue weighted by molar-refractivity contribution is -0.143. The maximum atomic E-state index is 11.2. The van der Waals surface area contributed by atoms with Crippen LogP contribution >= 0.6 is 11.6 Å². The average Bonchev–Trinajstić information content (AvgIpc) is 2.67. The predicted octanol–water partition coefficient (Wildman–Crippen LogP) is 1.73. The Morgan fingerprint density at radius 2 is 2.29 bits per heavy atom. The summed E-state index contributed by atoms with van der Waals surface area (Å²) in [5, 5.41) is 8.91. The molecule has 1 heterocycles. The quantitative estimate of drug-likeness (QED) is 0.834. The zero-order chi connectivity index (χ0) is 12.4. The van der Waals surface area contributed by atoms with E-state index in [9.17, 15) is 9.59 Å². The number of carboxylic acid groups (broad SMARTS) is 1. The van der Waals surface area contributed by atoms with Crippen molar-refractivity contribution in [3.8, 4) is 5.75 Å². The molecule has 0 amide bonds. The molecule has 0 saturated carbocycles. The van der Waals surface area contributed by atoms with Gasteiger partial charge in [0.2, 0.25) is 0 Å². The van der Waals surface area contributed by atoms with Crippen LogP contribution in [0.3, 0.4) is 0 Å². The van der Waals surface area contributed by atoms with Gasteiger partial charge in [0.25, 0.3) is 0 Å². The maximum Gasteiger partial charge on any atom is 0.347 e. The highest BCUT2D eigenvalue weighted by atomic mass is 35.5. The van der Waals surface area contributed by atoms with Crippen molar-refractivity contribution in [3.63, 3.8) is 0 Å². The third kappa shape index (κ3) is 2.50. The smallest absolute Gasteiger partial charge is 0.347 e. The lowest BCUT2D eigenvalue weighted by Crippen LogP contribution is -2.21. The number of carbonyl (C=O) groups is 2. The van der Waals surface area contributed by atoms with E-state index in [2.05, 4.69) is 0 Å². The normalized spacial score (nSPS) is 18.9. The minimum atomic E-state index is -1.07. The summed E-state index contributed by atoms with van der Waals surface area (Å²) in [6.45, 7) is 0.328. The Bertz CT molecular complexity index is 471. The van der Waals surface area contributed by atoms with Crippen molar-refractivity contribution < 1.29 is 24.2 Å². The van der Waals surface area contributed by atoms with Gasteiger partial charge in [-0.15, -0.1) is 0 Å². The third-order valence-corrected chi connectivity index (χ3v) is 2.63. The Morgan fingerprint density at radius 1 is 1.53 bits per heavy atom. The number of ether oxygens (including phenoxy) is 2. The molecule has 6 heteroatoms. The fraction of sp³-hybridized carbons (Fsp3) is 0.273. The van der Waals surface area contributed by atoms with Gasteiger partial charge in [-0.1, -0.05) is 11.6 Å². The highest BCUT2D eigenvalue weighted by Crippen LogP contribution is 2.28. The number of cyclic esters (lactones) is 1. The zero-order valence-electron chi connectivity index (χ0n) is 8.68. The van der Waals surface area contributed by atoms with Crippen LogP contribution in [0.2, 0.25) is 5.02 Å². The van der Waals surface area contributed by atoms with Crippen molar-refractivity contribution >= 4 is 23.5 Å². The van der Waals surface area contributed by atoms with Gasteiger partial charge in [-0.2, -0.15) is 0 Å². The molecular formula is C11H9ClO5. The van der Waals surface area contributed by atoms with E-state index < -0.39 is 18.0 Å². The summed E-state index contributed by atoms with van der Waals surface area (Å²) in [4.78, 5) is 21.9. The van der Waals surface area contributed by atoms with E-state index in [4.69, 9.17) is 26.2 Å². The standard InChI is InChI=1S/C11H9ClO5/c12-7-5-6(10(13)14)1-2-8(7)17-9-3-4-16-11(9)15/h1-2,5,9H,3-4H2,(H,13,14). The number of carboxylic acids is 1. The van der Waals surface area contributed by atoms with Crippen molar-refractivity contribution in [2.75, 3.05) is 6.61 Å². The minimum Gasteiger partial charge on any atom is -0.478 e. The molecule has 1 N–H and O–H groups in total. The number of halogens is 1. The van der Waals surface area contributed by atoms with Gasteiger partial charge < -0.3 is 14.6 Å². The monoisotopic (exact) mass is 256 g/mol. The van der Waals surface area contributed by atoms with Crippen LogP contribution in [0.15, 0.2) is 18.2 Å². The molecule has 1 aliphatic rings. The van der Waals surface area contributed by atoms with Crippen molar-refractivity contribution in [1.29, 1.82) is 0 Å². The molecule has 0 radical (unpaired) electrons. The van der Waals surface area contributed by atoms with E-state index in [1.54, 1.807) is 0 Å². The number of hydrogen-bond acceptors (Lipinski definition) is 4. The SMILES string of the molecule is O=C(O)c1ccc(OC2CCOC2=O)c(Cl)c1. The Balaban J connectivity index is 2.16. The van der Waals surface area contributed by atoms with Gasteiger partial charge in [0.1, 0.15) is 5.75 Å². The summed E-state index contributed by atoms with van der Waals surface area (Å²) in [6.07, 6.45) is -0.196. The summed E-state index contributed by atoms with van der Waals surface area (Å²) in [6, 6.07) is 4.07. The van der Waals surface area contributed by atoms with Gasteiger partial charge in [0.05, 0.1) is 17.2 Å². The molecule has 0 aliphatic carbocycles. The predicted molar refractivity (Wildman–Crippen MR) is 58.4 cm³/mol. The molecule has 1 aliphatic heterocycles. The van der Waals surface area contributed by atoms with Gasteiger partial charge in [-0.3, -0.25) is 0 Å². The molecule has 0 bridgehead atoms. The molecule has 1 saturated heterocycles. The average molecular weight is 257 g/mol. The summed E-state index contributed by atoms with van der Waals surface area (Å²) in [5.74, 6) is -1.22. The molecule has 1 atom stereocenters. The van der Waals surface area contributed by atoms with Crippen LogP contribution in [0.4, 0.5) is 0 Å². The second kappa shape index (κ2) is 4.63. The first kappa shape index (κ1) is 11.7. The van der Waals surface area contributed by atoms with Gasteiger partial charge in [0, 0.05) is 6.42 Å². The molecule has 17 heavy (non-hydrogen) atoms. The van der Waals surface area contributed by atoms with E-state index in [-0.39, 0.29) is 16.3 Å². The number of aromatic carboxylic acids is 1. The topological polar surface area (TPSA) is 72.8 Å². The Hall–Kier alpha value is -1.75. The van der Waals surface area contributed by atoms with Crippen LogP contribution in [0.25, 0.3) is 0 Å². The highest BCUT2D eigenvalue weighted by Gasteiger charge is 2.29. The van der Waals surface area contributed by atoms with E-state index in [0.717, 1.165) is 0 Å². The lowest BCUT2D eigenvalue weighted by atomic mass is 10.2. The second-order valence-corrected chi connectivity index (χ2v) is 3.92.